The molecule has 0 aromatic heterocycles. The highest BCUT2D eigenvalue weighted by Gasteiger charge is 2.45. The molecular formula is C12H18N2O. The van der Waals surface area contributed by atoms with E-state index in [4.69, 9.17) is 0 Å². The Hall–Kier alpha value is -0.860. The Labute approximate surface area is 90.3 Å². The van der Waals surface area contributed by atoms with E-state index in [0.717, 1.165) is 23.3 Å². The van der Waals surface area contributed by atoms with Crippen molar-refractivity contribution >= 4 is 11.4 Å². The summed E-state index contributed by atoms with van der Waals surface area (Å²) in [6, 6.07) is 0. The predicted molar refractivity (Wildman–Crippen MR) is 59.6 cm³/mol. The molecule has 4 rings (SSSR count). The van der Waals surface area contributed by atoms with Crippen molar-refractivity contribution in [3.05, 3.63) is 0 Å². The number of nitrogens with zero attached hydrogens (tertiary/aromatic N) is 2. The van der Waals surface area contributed by atoms with Gasteiger partial charge in [-0.3, -0.25) is 4.99 Å². The highest BCUT2D eigenvalue weighted by Crippen LogP contribution is 2.49. The second-order valence-corrected chi connectivity index (χ2v) is 5.40. The van der Waals surface area contributed by atoms with Gasteiger partial charge in [0.15, 0.2) is 0 Å². The van der Waals surface area contributed by atoms with Crippen molar-refractivity contribution in [2.75, 3.05) is 7.05 Å². The Morgan fingerprint density at radius 2 is 1.47 bits per heavy atom. The zero-order chi connectivity index (χ0) is 10.4. The third kappa shape index (κ3) is 1.32. The first-order valence-electron chi connectivity index (χ1n) is 6.00. The van der Waals surface area contributed by atoms with Gasteiger partial charge in [-0.25, -0.2) is 0 Å². The average molecular weight is 206 g/mol. The second-order valence-electron chi connectivity index (χ2n) is 5.40. The maximum Gasteiger partial charge on any atom is 0.104 e. The van der Waals surface area contributed by atoms with E-state index >= 15 is 0 Å². The highest BCUT2D eigenvalue weighted by molar-refractivity contribution is 6.44. The number of aliphatic imine (C=N–C) groups is 1. The molecule has 0 aromatic carbocycles. The lowest BCUT2D eigenvalue weighted by Gasteiger charge is -2.37. The first-order valence-corrected chi connectivity index (χ1v) is 6.00. The van der Waals surface area contributed by atoms with Crippen LogP contribution in [0.1, 0.15) is 32.1 Å². The first kappa shape index (κ1) is 9.37. The summed E-state index contributed by atoms with van der Waals surface area (Å²) < 4.78 is 0. The Bertz CT molecular complexity index is 291. The van der Waals surface area contributed by atoms with Gasteiger partial charge in [0.05, 0.1) is 5.71 Å². The summed E-state index contributed by atoms with van der Waals surface area (Å²) >= 11 is 0. The zero-order valence-corrected chi connectivity index (χ0v) is 9.19. The van der Waals surface area contributed by atoms with Gasteiger partial charge < -0.3 is 5.21 Å². The lowest BCUT2D eigenvalue weighted by molar-refractivity contribution is 0.153. The molecule has 0 aliphatic heterocycles. The van der Waals surface area contributed by atoms with Crippen LogP contribution < -0.4 is 0 Å². The molecule has 0 saturated heterocycles. The molecule has 0 amide bonds. The number of oxime groups is 1. The van der Waals surface area contributed by atoms with Crippen LogP contribution in [0.15, 0.2) is 10.1 Å². The van der Waals surface area contributed by atoms with Gasteiger partial charge in [0.25, 0.3) is 0 Å². The van der Waals surface area contributed by atoms with Crippen molar-refractivity contribution in [1.82, 2.24) is 0 Å². The van der Waals surface area contributed by atoms with E-state index in [9.17, 15) is 5.21 Å². The number of hydrogen-bond donors (Lipinski definition) is 1. The normalized spacial score (nSPS) is 48.9. The first-order chi connectivity index (χ1) is 7.31. The summed E-state index contributed by atoms with van der Waals surface area (Å²) in [5, 5.41) is 12.7. The Kier molecular flexibility index (Phi) is 2.08. The van der Waals surface area contributed by atoms with E-state index in [1.807, 2.05) is 7.05 Å². The van der Waals surface area contributed by atoms with Crippen LogP contribution in [-0.2, 0) is 0 Å². The van der Waals surface area contributed by atoms with Gasteiger partial charge in [-0.2, -0.15) is 0 Å². The maximum absolute atomic E-state index is 9.17. The van der Waals surface area contributed by atoms with Crippen molar-refractivity contribution in [2.24, 2.45) is 33.8 Å². The smallest absolute Gasteiger partial charge is 0.104 e. The molecule has 82 valence electrons. The SMILES string of the molecule is CN=C1/C(=N\O)C2CC3CC(CC1C3)C2. The fourth-order valence-corrected chi connectivity index (χ4v) is 4.15. The molecular weight excluding hydrogens is 188 g/mol. The van der Waals surface area contributed by atoms with E-state index in [1.54, 1.807) is 0 Å². The van der Waals surface area contributed by atoms with Crippen LogP contribution in [0.2, 0.25) is 0 Å². The lowest BCUT2D eigenvalue weighted by atomic mass is 9.68. The molecule has 3 nitrogen and oxygen atoms in total. The van der Waals surface area contributed by atoms with Crippen LogP contribution in [0.5, 0.6) is 0 Å². The summed E-state index contributed by atoms with van der Waals surface area (Å²) in [6.45, 7) is 0. The summed E-state index contributed by atoms with van der Waals surface area (Å²) in [5.41, 5.74) is 2.01. The molecule has 4 aliphatic rings. The van der Waals surface area contributed by atoms with E-state index in [1.165, 1.54) is 32.1 Å². The molecule has 4 fully saturated rings. The molecule has 0 heterocycles. The molecule has 15 heavy (non-hydrogen) atoms. The van der Waals surface area contributed by atoms with Crippen LogP contribution in [0.4, 0.5) is 0 Å². The highest BCUT2D eigenvalue weighted by atomic mass is 16.4. The van der Waals surface area contributed by atoms with Gasteiger partial charge in [-0.15, -0.1) is 0 Å². The van der Waals surface area contributed by atoms with Gasteiger partial charge in [-0.1, -0.05) is 5.16 Å². The average Bonchev–Trinajstić information content (AvgIpc) is 2.39. The largest absolute Gasteiger partial charge is 0.411 e. The molecule has 4 saturated carbocycles. The molecule has 0 radical (unpaired) electrons. The van der Waals surface area contributed by atoms with E-state index in [-0.39, 0.29) is 0 Å². The molecule has 3 heteroatoms. The van der Waals surface area contributed by atoms with Gasteiger partial charge in [0.1, 0.15) is 5.71 Å². The molecule has 2 atom stereocenters. The minimum atomic E-state index is 0.491. The molecule has 0 spiro atoms. The van der Waals surface area contributed by atoms with E-state index < -0.39 is 0 Å². The summed E-state index contributed by atoms with van der Waals surface area (Å²) in [4.78, 5) is 4.38. The number of hydrogen-bond acceptors (Lipinski definition) is 3. The quantitative estimate of drug-likeness (QED) is 0.480. The van der Waals surface area contributed by atoms with Crippen LogP contribution in [0, 0.1) is 23.7 Å². The van der Waals surface area contributed by atoms with Gasteiger partial charge in [-0.05, 0) is 43.9 Å². The van der Waals surface area contributed by atoms with Gasteiger partial charge in [0.2, 0.25) is 0 Å². The minimum Gasteiger partial charge on any atom is -0.411 e. The Balaban J connectivity index is 2.06. The van der Waals surface area contributed by atoms with Crippen molar-refractivity contribution < 1.29 is 5.21 Å². The third-order valence-electron chi connectivity index (χ3n) is 4.52. The minimum absolute atomic E-state index is 0.491. The van der Waals surface area contributed by atoms with Crippen LogP contribution in [0.3, 0.4) is 0 Å². The number of fused-ring (bicyclic) bond motifs is 1. The lowest BCUT2D eigenvalue weighted by Crippen LogP contribution is -2.28. The predicted octanol–water partition coefficient (Wildman–Crippen LogP) is 2.34. The van der Waals surface area contributed by atoms with Gasteiger partial charge >= 0.3 is 0 Å². The van der Waals surface area contributed by atoms with Crippen molar-refractivity contribution in [1.29, 1.82) is 0 Å². The topological polar surface area (TPSA) is 45.0 Å². The summed E-state index contributed by atoms with van der Waals surface area (Å²) in [7, 11) is 1.84. The standard InChI is InChI=1S/C12H18N2O/c1-13-11-9-3-7-2-8(4-9)6-10(5-7)12(11)14-15/h7-10,15H,2-6H2,1H3/b13-11?,14-12-. The van der Waals surface area contributed by atoms with Crippen LogP contribution in [0.25, 0.3) is 0 Å². The van der Waals surface area contributed by atoms with Crippen LogP contribution >= 0.6 is 0 Å². The fraction of sp³-hybridized carbons (Fsp3) is 0.833. The maximum atomic E-state index is 9.17. The van der Waals surface area contributed by atoms with Gasteiger partial charge in [0, 0.05) is 18.9 Å². The number of rotatable bonds is 0. The Morgan fingerprint density at radius 1 is 0.933 bits per heavy atom. The summed E-state index contributed by atoms with van der Waals surface area (Å²) in [6.07, 6.45) is 6.41. The fourth-order valence-electron chi connectivity index (χ4n) is 4.15. The van der Waals surface area contributed by atoms with E-state index in [0.29, 0.717) is 11.8 Å². The van der Waals surface area contributed by atoms with Crippen molar-refractivity contribution in [3.63, 3.8) is 0 Å². The third-order valence-corrected chi connectivity index (χ3v) is 4.52. The molecule has 2 unspecified atom stereocenters. The zero-order valence-electron chi connectivity index (χ0n) is 9.19. The van der Waals surface area contributed by atoms with E-state index in [2.05, 4.69) is 10.1 Å². The molecule has 4 bridgehead atoms. The van der Waals surface area contributed by atoms with Crippen molar-refractivity contribution in [3.8, 4) is 0 Å². The summed E-state index contributed by atoms with van der Waals surface area (Å²) in [5.74, 6) is 2.80. The molecule has 1 N–H and O–H groups in total. The molecule has 4 aliphatic carbocycles. The van der Waals surface area contributed by atoms with Crippen molar-refractivity contribution in [2.45, 2.75) is 32.1 Å². The monoisotopic (exact) mass is 206 g/mol. The Morgan fingerprint density at radius 3 is 1.93 bits per heavy atom. The van der Waals surface area contributed by atoms with Crippen LogP contribution in [-0.4, -0.2) is 23.7 Å². The molecule has 0 aromatic rings. The second kappa shape index (κ2) is 3.32.